The first kappa shape index (κ1) is 12.3. The van der Waals surface area contributed by atoms with Crippen molar-refractivity contribution < 1.29 is 9.59 Å². The van der Waals surface area contributed by atoms with Crippen molar-refractivity contribution >= 4 is 35.2 Å². The van der Waals surface area contributed by atoms with Gasteiger partial charge in [0.15, 0.2) is 5.82 Å². The summed E-state index contributed by atoms with van der Waals surface area (Å²) in [5.74, 6) is -0.120. The van der Waals surface area contributed by atoms with Crippen molar-refractivity contribution in [1.29, 1.82) is 0 Å². The molecule has 7 nitrogen and oxygen atoms in total. The van der Waals surface area contributed by atoms with Crippen LogP contribution in [0, 0.1) is 0 Å². The lowest BCUT2D eigenvalue weighted by molar-refractivity contribution is -0.119. The zero-order chi connectivity index (χ0) is 13.0. The van der Waals surface area contributed by atoms with Gasteiger partial charge in [-0.1, -0.05) is 0 Å². The molecule has 0 spiro atoms. The maximum Gasteiger partial charge on any atom is 0.273 e. The number of amides is 2. The summed E-state index contributed by atoms with van der Waals surface area (Å²) in [5.41, 5.74) is 5.22. The van der Waals surface area contributed by atoms with E-state index < -0.39 is 0 Å². The van der Waals surface area contributed by atoms with Crippen molar-refractivity contribution in [2.75, 3.05) is 5.88 Å². The van der Waals surface area contributed by atoms with Crippen LogP contribution in [0.2, 0.25) is 0 Å². The molecule has 94 valence electrons. The van der Waals surface area contributed by atoms with Crippen LogP contribution in [0.3, 0.4) is 0 Å². The Kier molecular flexibility index (Phi) is 3.73. The number of nitrogens with zero attached hydrogens (tertiary/aromatic N) is 2. The Bertz CT molecular complexity index is 517. The van der Waals surface area contributed by atoms with Gasteiger partial charge in [-0.05, 0) is 12.1 Å². The number of halogens is 1. The van der Waals surface area contributed by atoms with Gasteiger partial charge in [0, 0.05) is 18.5 Å². The minimum Gasteiger partial charge on any atom is -0.295 e. The molecule has 0 bridgehead atoms. The molecular formula is C10H10ClN5O2. The number of aliphatic imine (C=N–C) groups is 1. The Balaban J connectivity index is 2.22. The van der Waals surface area contributed by atoms with Gasteiger partial charge in [0.25, 0.3) is 5.91 Å². The summed E-state index contributed by atoms with van der Waals surface area (Å²) in [6, 6.07) is 3.22. The molecule has 0 aromatic carbocycles. The largest absolute Gasteiger partial charge is 0.295 e. The number of aromatic nitrogens is 1. The van der Waals surface area contributed by atoms with Gasteiger partial charge in [-0.2, -0.15) is 4.99 Å². The maximum absolute atomic E-state index is 11.6. The highest BCUT2D eigenvalue weighted by molar-refractivity contribution is 6.19. The highest BCUT2D eigenvalue weighted by Crippen LogP contribution is 2.15. The van der Waals surface area contributed by atoms with E-state index >= 15 is 0 Å². The Morgan fingerprint density at radius 1 is 1.44 bits per heavy atom. The SMILES string of the molecule is O=C(CCCl)NC1=Nc2ncccc2C(=O)NN1. The van der Waals surface area contributed by atoms with E-state index in [0.717, 1.165) is 0 Å². The average Bonchev–Trinajstić information content (AvgIpc) is 2.50. The fourth-order valence-corrected chi connectivity index (χ4v) is 1.49. The van der Waals surface area contributed by atoms with Crippen molar-refractivity contribution in [2.24, 2.45) is 4.99 Å². The molecule has 18 heavy (non-hydrogen) atoms. The van der Waals surface area contributed by atoms with Crippen molar-refractivity contribution in [2.45, 2.75) is 6.42 Å². The summed E-state index contributed by atoms with van der Waals surface area (Å²) in [6.45, 7) is 0. The zero-order valence-corrected chi connectivity index (χ0v) is 9.99. The molecule has 2 heterocycles. The third-order valence-corrected chi connectivity index (χ3v) is 2.31. The highest BCUT2D eigenvalue weighted by Gasteiger charge is 2.17. The van der Waals surface area contributed by atoms with Gasteiger partial charge < -0.3 is 0 Å². The lowest BCUT2D eigenvalue weighted by Crippen LogP contribution is -2.48. The third kappa shape index (κ3) is 2.75. The molecular weight excluding hydrogens is 258 g/mol. The van der Waals surface area contributed by atoms with Gasteiger partial charge in [-0.3, -0.25) is 25.8 Å². The minimum absolute atomic E-state index is 0.107. The monoisotopic (exact) mass is 267 g/mol. The number of fused-ring (bicyclic) bond motifs is 1. The summed E-state index contributed by atoms with van der Waals surface area (Å²) in [6.07, 6.45) is 1.67. The Morgan fingerprint density at radius 3 is 3.06 bits per heavy atom. The highest BCUT2D eigenvalue weighted by atomic mass is 35.5. The second-order valence-electron chi connectivity index (χ2n) is 3.40. The quantitative estimate of drug-likeness (QED) is 0.661. The molecule has 0 saturated carbocycles. The topological polar surface area (TPSA) is 95.5 Å². The van der Waals surface area contributed by atoms with E-state index in [1.165, 1.54) is 6.20 Å². The summed E-state index contributed by atoms with van der Waals surface area (Å²) in [7, 11) is 0. The number of carbonyl (C=O) groups excluding carboxylic acids is 2. The molecule has 0 atom stereocenters. The zero-order valence-electron chi connectivity index (χ0n) is 9.24. The van der Waals surface area contributed by atoms with E-state index in [1.807, 2.05) is 0 Å². The average molecular weight is 268 g/mol. The van der Waals surface area contributed by atoms with Gasteiger partial charge in [-0.15, -0.1) is 11.6 Å². The van der Waals surface area contributed by atoms with Crippen LogP contribution in [0.25, 0.3) is 0 Å². The van der Waals surface area contributed by atoms with Crippen LogP contribution >= 0.6 is 11.6 Å². The molecule has 0 radical (unpaired) electrons. The summed E-state index contributed by atoms with van der Waals surface area (Å²) in [5, 5.41) is 2.48. The van der Waals surface area contributed by atoms with Gasteiger partial charge in [0.1, 0.15) is 0 Å². The minimum atomic E-state index is -0.372. The molecule has 3 N–H and O–H groups in total. The van der Waals surface area contributed by atoms with Crippen LogP contribution in [0.5, 0.6) is 0 Å². The standard InChI is InChI=1S/C10H10ClN5O2/c11-4-3-7(17)13-10-14-8-6(2-1-5-12-8)9(18)15-16-10/h1-2,5H,3-4H2,(H,15,18)(H2,12,13,14,16,17). The molecule has 2 rings (SSSR count). The first-order chi connectivity index (χ1) is 8.70. The number of pyridine rings is 1. The summed E-state index contributed by atoms with van der Waals surface area (Å²) < 4.78 is 0. The normalized spacial score (nSPS) is 13.6. The van der Waals surface area contributed by atoms with Crippen LogP contribution in [0.1, 0.15) is 16.8 Å². The number of guanidine groups is 1. The van der Waals surface area contributed by atoms with Gasteiger partial charge in [0.05, 0.1) is 5.56 Å². The molecule has 1 aliphatic heterocycles. The van der Waals surface area contributed by atoms with Crippen molar-refractivity contribution in [3.05, 3.63) is 23.9 Å². The van der Waals surface area contributed by atoms with Gasteiger partial charge in [0.2, 0.25) is 11.9 Å². The molecule has 1 aromatic rings. The number of rotatable bonds is 2. The second-order valence-corrected chi connectivity index (χ2v) is 3.78. The number of carbonyl (C=O) groups is 2. The Hall–Kier alpha value is -2.15. The van der Waals surface area contributed by atoms with Crippen LogP contribution < -0.4 is 16.2 Å². The number of hydrogen-bond acceptors (Lipinski definition) is 5. The number of nitrogens with one attached hydrogen (secondary N) is 3. The van der Waals surface area contributed by atoms with E-state index in [4.69, 9.17) is 11.6 Å². The van der Waals surface area contributed by atoms with Crippen LogP contribution in [-0.2, 0) is 4.79 Å². The molecule has 8 heteroatoms. The van der Waals surface area contributed by atoms with Crippen LogP contribution in [0.4, 0.5) is 5.82 Å². The summed E-state index contributed by atoms with van der Waals surface area (Å²) in [4.78, 5) is 31.0. The van der Waals surface area contributed by atoms with Crippen LogP contribution in [0.15, 0.2) is 23.3 Å². The first-order valence-electron chi connectivity index (χ1n) is 5.16. The maximum atomic E-state index is 11.6. The van der Waals surface area contributed by atoms with E-state index in [1.54, 1.807) is 12.1 Å². The van der Waals surface area contributed by atoms with Crippen molar-refractivity contribution in [1.82, 2.24) is 21.2 Å². The van der Waals surface area contributed by atoms with Crippen molar-refractivity contribution in [3.8, 4) is 0 Å². The molecule has 2 amide bonds. The van der Waals surface area contributed by atoms with E-state index in [0.29, 0.717) is 5.56 Å². The van der Waals surface area contributed by atoms with E-state index in [2.05, 4.69) is 26.1 Å². The number of hydrazine groups is 1. The number of alkyl halides is 1. The fourth-order valence-electron chi connectivity index (χ4n) is 1.32. The predicted molar refractivity (Wildman–Crippen MR) is 65.4 cm³/mol. The molecule has 1 aromatic heterocycles. The third-order valence-electron chi connectivity index (χ3n) is 2.12. The van der Waals surface area contributed by atoms with E-state index in [9.17, 15) is 9.59 Å². The smallest absolute Gasteiger partial charge is 0.273 e. The second kappa shape index (κ2) is 5.46. The molecule has 0 fully saturated rings. The molecule has 0 unspecified atom stereocenters. The lowest BCUT2D eigenvalue weighted by atomic mass is 10.2. The first-order valence-corrected chi connectivity index (χ1v) is 5.70. The van der Waals surface area contributed by atoms with Crippen molar-refractivity contribution in [3.63, 3.8) is 0 Å². The summed E-state index contributed by atoms with van der Waals surface area (Å²) >= 11 is 5.45. The predicted octanol–water partition coefficient (Wildman–Crippen LogP) is 0.0622. The molecule has 0 aliphatic carbocycles. The molecule has 0 saturated heterocycles. The fraction of sp³-hybridized carbons (Fsp3) is 0.200. The van der Waals surface area contributed by atoms with Gasteiger partial charge in [-0.25, -0.2) is 4.98 Å². The molecule has 1 aliphatic rings. The van der Waals surface area contributed by atoms with Crippen LogP contribution in [-0.4, -0.2) is 28.6 Å². The van der Waals surface area contributed by atoms with E-state index in [-0.39, 0.29) is 35.9 Å². The lowest BCUT2D eigenvalue weighted by Gasteiger charge is -2.08. The Labute approximate surface area is 108 Å². The number of hydrogen-bond donors (Lipinski definition) is 3. The van der Waals surface area contributed by atoms with Gasteiger partial charge >= 0.3 is 0 Å². The Morgan fingerprint density at radius 2 is 2.28 bits per heavy atom.